The van der Waals surface area contributed by atoms with Crippen molar-refractivity contribution in [3.8, 4) is 46.3 Å². The summed E-state index contributed by atoms with van der Waals surface area (Å²) in [4.78, 5) is 31.0. The molecule has 0 amide bonds. The van der Waals surface area contributed by atoms with Gasteiger partial charge in [0, 0.05) is 52.7 Å². The van der Waals surface area contributed by atoms with Crippen LogP contribution in [-0.4, -0.2) is 85.1 Å². The number of piperazine rings is 1. The molecule has 7 heterocycles. The predicted molar refractivity (Wildman–Crippen MR) is 223 cm³/mol. The van der Waals surface area contributed by atoms with E-state index in [1.54, 1.807) is 18.2 Å². The van der Waals surface area contributed by atoms with Crippen molar-refractivity contribution in [3.63, 3.8) is 0 Å². The van der Waals surface area contributed by atoms with E-state index < -0.39 is 46.9 Å². The average Bonchev–Trinajstić information content (AvgIpc) is 3.76. The molecule has 4 bridgehead atoms. The molecule has 0 aliphatic carbocycles. The number of nitrogens with one attached hydrogen (secondary N) is 2. The normalized spacial score (nSPS) is 27.0. The predicted octanol–water partition coefficient (Wildman–Crippen LogP) is 5.34. The fourth-order valence-corrected chi connectivity index (χ4v) is 12.2. The van der Waals surface area contributed by atoms with Crippen molar-refractivity contribution in [2.45, 2.75) is 67.7 Å². The summed E-state index contributed by atoms with van der Waals surface area (Å²) in [6, 6.07) is 14.3. The second-order valence-corrected chi connectivity index (χ2v) is 17.4. The number of hydrogen-bond donors (Lipinski definition) is 4. The third kappa shape index (κ3) is 5.94. The highest BCUT2D eigenvalue weighted by Crippen LogP contribution is 2.63. The standard InChI is InChI=1S/C46H44N4O10S/c1-22-14-26-15-28-29(18-47)50-30-19-57-45(54)46(27-17-32(55-3)31(51)16-25(27)12-13-48-46)20-61-44(38(50)37(49-28)34(26)39(53)40(22)56-4)36-35(30)43-42(58-21-59-43)23(2)41(36)60-33(52)11-10-24-8-6-5-7-9-24/h5-11,14,16-17,28-30,37-38,44,48-49,51,53H,12-13,15,19-21H2,1-4H3/b11-10+/t28-,29+,30+,37-,38?,44-,46-/m1/s1. The third-order valence-electron chi connectivity index (χ3n) is 13.1. The number of hydrogen-bond acceptors (Lipinski definition) is 15. The molecule has 7 aliphatic rings. The smallest absolute Gasteiger partial charge is 0.336 e. The maximum Gasteiger partial charge on any atom is 0.336 e. The van der Waals surface area contributed by atoms with Gasteiger partial charge in [0.25, 0.3) is 0 Å². The zero-order valence-corrected chi connectivity index (χ0v) is 34.8. The zero-order valence-electron chi connectivity index (χ0n) is 33.9. The van der Waals surface area contributed by atoms with E-state index in [4.69, 9.17) is 28.4 Å². The Hall–Kier alpha value is -5.92. The highest BCUT2D eigenvalue weighted by atomic mass is 32.2. The number of aromatic hydroxyl groups is 2. The van der Waals surface area contributed by atoms with Crippen molar-refractivity contribution in [1.82, 2.24) is 15.5 Å². The number of phenolic OH excluding ortho intramolecular Hbond substituents is 2. The van der Waals surface area contributed by atoms with Gasteiger partial charge in [-0.05, 0) is 72.7 Å². The lowest BCUT2D eigenvalue weighted by molar-refractivity contribution is -0.155. The van der Waals surface area contributed by atoms with Crippen LogP contribution in [0.1, 0.15) is 67.4 Å². The number of thioether (sulfide) groups is 1. The number of benzene rings is 4. The summed E-state index contributed by atoms with van der Waals surface area (Å²) in [6.07, 6.45) is 4.07. The van der Waals surface area contributed by atoms with Crippen molar-refractivity contribution < 1.29 is 48.2 Å². The summed E-state index contributed by atoms with van der Waals surface area (Å²) in [6.45, 7) is 3.84. The molecule has 61 heavy (non-hydrogen) atoms. The molecule has 1 spiro atoms. The van der Waals surface area contributed by atoms with Crippen LogP contribution in [0.15, 0.2) is 54.6 Å². The Kier molecular flexibility index (Phi) is 9.59. The number of fused-ring (bicyclic) bond motifs is 9. The number of carbonyl (C=O) groups excluding carboxylic acids is 2. The van der Waals surface area contributed by atoms with E-state index in [1.165, 1.54) is 32.1 Å². The van der Waals surface area contributed by atoms with Gasteiger partial charge in [0.05, 0.1) is 37.6 Å². The van der Waals surface area contributed by atoms with Crippen LogP contribution in [0.3, 0.4) is 0 Å². The number of methoxy groups -OCH3 is 2. The number of rotatable bonds is 5. The molecule has 2 saturated heterocycles. The zero-order chi connectivity index (χ0) is 42.3. The van der Waals surface area contributed by atoms with Crippen LogP contribution in [0, 0.1) is 25.2 Å². The first kappa shape index (κ1) is 39.2. The molecule has 11 rings (SSSR count). The topological polar surface area (TPSA) is 181 Å². The Bertz CT molecular complexity index is 2580. The third-order valence-corrected chi connectivity index (χ3v) is 14.6. The summed E-state index contributed by atoms with van der Waals surface area (Å²) >= 11 is 1.46. The van der Waals surface area contributed by atoms with Gasteiger partial charge in [0.1, 0.15) is 18.4 Å². The molecule has 0 aromatic heterocycles. The first-order valence-electron chi connectivity index (χ1n) is 20.3. The Labute approximate surface area is 356 Å². The minimum atomic E-state index is -1.39. The van der Waals surface area contributed by atoms with E-state index in [2.05, 4.69) is 21.6 Å². The number of carbonyl (C=O) groups is 2. The summed E-state index contributed by atoms with van der Waals surface area (Å²) in [5.74, 6) is 0.663. The maximum atomic E-state index is 14.9. The van der Waals surface area contributed by atoms with E-state index in [0.717, 1.165) is 22.3 Å². The maximum absolute atomic E-state index is 14.9. The second-order valence-electron chi connectivity index (χ2n) is 16.2. The first-order chi connectivity index (χ1) is 29.6. The monoisotopic (exact) mass is 844 g/mol. The lowest BCUT2D eigenvalue weighted by Gasteiger charge is -2.59. The molecule has 4 aromatic rings. The highest BCUT2D eigenvalue weighted by Gasteiger charge is 2.60. The van der Waals surface area contributed by atoms with Crippen LogP contribution in [0.2, 0.25) is 0 Å². The van der Waals surface area contributed by atoms with E-state index in [0.29, 0.717) is 64.5 Å². The molecule has 0 radical (unpaired) electrons. The minimum absolute atomic E-state index is 0.0132. The molecule has 314 valence electrons. The fourth-order valence-electron chi connectivity index (χ4n) is 10.5. The summed E-state index contributed by atoms with van der Waals surface area (Å²) < 4.78 is 36.6. The van der Waals surface area contributed by atoms with Crippen LogP contribution in [0.5, 0.6) is 40.2 Å². The van der Waals surface area contributed by atoms with Crippen molar-refractivity contribution in [1.29, 1.82) is 5.26 Å². The van der Waals surface area contributed by atoms with Crippen LogP contribution in [-0.2, 0) is 32.7 Å². The molecule has 4 N–H and O–H groups in total. The van der Waals surface area contributed by atoms with Gasteiger partial charge < -0.3 is 44.0 Å². The number of aryl methyl sites for hydroxylation is 1. The lowest BCUT2D eigenvalue weighted by Crippen LogP contribution is -2.69. The number of phenols is 2. The van der Waals surface area contributed by atoms with E-state index in [9.17, 15) is 25.1 Å². The second kappa shape index (κ2) is 14.9. The molecule has 4 aromatic carbocycles. The lowest BCUT2D eigenvalue weighted by atomic mass is 9.72. The molecular weight excluding hydrogens is 801 g/mol. The largest absolute Gasteiger partial charge is 0.504 e. The molecule has 7 aliphatic heterocycles. The highest BCUT2D eigenvalue weighted by molar-refractivity contribution is 7.99. The Morgan fingerprint density at radius 2 is 1.82 bits per heavy atom. The average molecular weight is 845 g/mol. The Morgan fingerprint density at radius 1 is 1.02 bits per heavy atom. The summed E-state index contributed by atoms with van der Waals surface area (Å²) in [5.41, 5.74) is 4.97. The van der Waals surface area contributed by atoms with Crippen LogP contribution in [0.4, 0.5) is 0 Å². The van der Waals surface area contributed by atoms with Crippen molar-refractivity contribution in [2.24, 2.45) is 0 Å². The van der Waals surface area contributed by atoms with Crippen molar-refractivity contribution in [2.75, 3.05) is 39.9 Å². The van der Waals surface area contributed by atoms with Gasteiger partial charge in [0.2, 0.25) is 6.79 Å². The number of esters is 2. The van der Waals surface area contributed by atoms with Crippen LogP contribution in [0.25, 0.3) is 6.08 Å². The quantitative estimate of drug-likeness (QED) is 0.115. The molecule has 2 fully saturated rings. The van der Waals surface area contributed by atoms with E-state index >= 15 is 0 Å². The van der Waals surface area contributed by atoms with Gasteiger partial charge in [-0.15, -0.1) is 11.8 Å². The van der Waals surface area contributed by atoms with E-state index in [1.807, 2.05) is 50.2 Å². The molecule has 1 unspecified atom stereocenters. The van der Waals surface area contributed by atoms with Crippen molar-refractivity contribution in [3.05, 3.63) is 105 Å². The molecule has 14 nitrogen and oxygen atoms in total. The summed E-state index contributed by atoms with van der Waals surface area (Å²) in [5, 5.41) is 40.7. The van der Waals surface area contributed by atoms with Crippen LogP contribution >= 0.6 is 11.8 Å². The number of nitrogens with zero attached hydrogens (tertiary/aromatic N) is 2. The fraction of sp³-hybridized carbons (Fsp3) is 0.370. The van der Waals surface area contributed by atoms with Gasteiger partial charge in [-0.25, -0.2) is 9.59 Å². The molecule has 0 saturated carbocycles. The molecule has 15 heteroatoms. The Morgan fingerprint density at radius 3 is 2.59 bits per heavy atom. The van der Waals surface area contributed by atoms with Crippen LogP contribution < -0.4 is 34.3 Å². The first-order valence-corrected chi connectivity index (χ1v) is 21.3. The van der Waals surface area contributed by atoms with E-state index in [-0.39, 0.29) is 48.2 Å². The Balaban J connectivity index is 1.21. The number of nitriles is 1. The van der Waals surface area contributed by atoms with Gasteiger partial charge in [-0.1, -0.05) is 36.4 Å². The SMILES string of the molecule is COc1cc2c(cc1O)CCN[C@]21CS[C@@H]2c3c(OC(=O)/C=C/c4ccccc4)c(C)c4c(c3[C@H](COC1=O)N1C2[C@@H]2N[C@H](Cc3cc(C)c(OC)c(O)c32)[C@@H]1C#N)OCO4. The number of ether oxygens (including phenoxy) is 6. The van der Waals surface area contributed by atoms with Gasteiger partial charge in [0.15, 0.2) is 40.0 Å². The minimum Gasteiger partial charge on any atom is -0.504 e. The molecule has 7 atom stereocenters. The molecular formula is C46H44N4O10S. The van der Waals surface area contributed by atoms with Crippen molar-refractivity contribution >= 4 is 29.8 Å². The van der Waals surface area contributed by atoms with Gasteiger partial charge >= 0.3 is 11.9 Å². The van der Waals surface area contributed by atoms with Gasteiger partial charge in [-0.3, -0.25) is 10.2 Å². The summed E-state index contributed by atoms with van der Waals surface area (Å²) in [7, 11) is 2.99. The van der Waals surface area contributed by atoms with Gasteiger partial charge in [-0.2, -0.15) is 5.26 Å².